The Morgan fingerprint density at radius 2 is 2.43 bits per heavy atom. The van der Waals surface area contributed by atoms with Crippen molar-refractivity contribution in [3.63, 3.8) is 0 Å². The van der Waals surface area contributed by atoms with E-state index < -0.39 is 0 Å². The summed E-state index contributed by atoms with van der Waals surface area (Å²) in [7, 11) is 0. The first-order chi connectivity index (χ1) is 6.83. The average molecular weight is 192 g/mol. The first kappa shape index (κ1) is 9.46. The van der Waals surface area contributed by atoms with Gasteiger partial charge in [-0.05, 0) is 24.5 Å². The van der Waals surface area contributed by atoms with Crippen molar-refractivity contribution < 1.29 is 5.11 Å². The lowest BCUT2D eigenvalue weighted by atomic mass is 10.0. The largest absolute Gasteiger partial charge is 0.394 e. The number of aromatic nitrogens is 1. The molecule has 1 saturated heterocycles. The van der Waals surface area contributed by atoms with Crippen molar-refractivity contribution in [2.75, 3.05) is 18.1 Å². The minimum atomic E-state index is 0.220. The van der Waals surface area contributed by atoms with Crippen LogP contribution in [-0.2, 0) is 0 Å². The van der Waals surface area contributed by atoms with Gasteiger partial charge in [0.2, 0.25) is 0 Å². The molecular weight excluding hydrogens is 176 g/mol. The molecule has 0 amide bonds. The summed E-state index contributed by atoms with van der Waals surface area (Å²) in [6.07, 6.45) is 2.94. The molecule has 0 bridgehead atoms. The SMILES string of the molecule is CC1CCN(c2ccccn2)C1CO. The van der Waals surface area contributed by atoms with E-state index in [1.54, 1.807) is 6.20 Å². The average Bonchev–Trinajstić information content (AvgIpc) is 2.61. The highest BCUT2D eigenvalue weighted by molar-refractivity contribution is 5.40. The zero-order chi connectivity index (χ0) is 9.97. The van der Waals surface area contributed by atoms with Crippen LogP contribution in [0.3, 0.4) is 0 Å². The third-order valence-corrected chi connectivity index (χ3v) is 3.01. The molecule has 1 aromatic heterocycles. The van der Waals surface area contributed by atoms with Crippen molar-refractivity contribution in [3.8, 4) is 0 Å². The summed E-state index contributed by atoms with van der Waals surface area (Å²) in [6, 6.07) is 6.14. The number of nitrogens with zero attached hydrogens (tertiary/aromatic N) is 2. The molecular formula is C11H16N2O. The van der Waals surface area contributed by atoms with E-state index in [1.165, 1.54) is 0 Å². The molecule has 2 unspecified atom stereocenters. The molecule has 2 heterocycles. The molecule has 0 saturated carbocycles. The third-order valence-electron chi connectivity index (χ3n) is 3.01. The van der Waals surface area contributed by atoms with E-state index in [4.69, 9.17) is 0 Å². The van der Waals surface area contributed by atoms with Gasteiger partial charge in [-0.1, -0.05) is 13.0 Å². The van der Waals surface area contributed by atoms with Gasteiger partial charge < -0.3 is 10.0 Å². The molecule has 14 heavy (non-hydrogen) atoms. The topological polar surface area (TPSA) is 36.4 Å². The second-order valence-electron chi connectivity index (χ2n) is 3.90. The Balaban J connectivity index is 2.19. The molecule has 3 heteroatoms. The fraction of sp³-hybridized carbons (Fsp3) is 0.545. The van der Waals surface area contributed by atoms with Gasteiger partial charge >= 0.3 is 0 Å². The zero-order valence-corrected chi connectivity index (χ0v) is 8.43. The minimum absolute atomic E-state index is 0.220. The number of hydrogen-bond acceptors (Lipinski definition) is 3. The molecule has 1 aliphatic heterocycles. The molecule has 1 aliphatic rings. The van der Waals surface area contributed by atoms with E-state index in [-0.39, 0.29) is 12.6 Å². The number of rotatable bonds is 2. The Morgan fingerprint density at radius 1 is 1.57 bits per heavy atom. The second-order valence-corrected chi connectivity index (χ2v) is 3.90. The van der Waals surface area contributed by atoms with Crippen LogP contribution >= 0.6 is 0 Å². The lowest BCUT2D eigenvalue weighted by Crippen LogP contribution is -2.35. The predicted molar refractivity (Wildman–Crippen MR) is 56.2 cm³/mol. The van der Waals surface area contributed by atoms with Gasteiger partial charge in [0.1, 0.15) is 5.82 Å². The fourth-order valence-electron chi connectivity index (χ4n) is 2.09. The number of aliphatic hydroxyl groups is 1. The maximum atomic E-state index is 9.30. The van der Waals surface area contributed by atoms with Crippen LogP contribution in [0.25, 0.3) is 0 Å². The molecule has 2 atom stereocenters. The van der Waals surface area contributed by atoms with Crippen molar-refractivity contribution >= 4 is 5.82 Å². The van der Waals surface area contributed by atoms with E-state index >= 15 is 0 Å². The summed E-state index contributed by atoms with van der Waals surface area (Å²) >= 11 is 0. The van der Waals surface area contributed by atoms with Crippen LogP contribution in [0.15, 0.2) is 24.4 Å². The molecule has 2 rings (SSSR count). The molecule has 0 aromatic carbocycles. The molecule has 1 N–H and O–H groups in total. The lowest BCUT2D eigenvalue weighted by Gasteiger charge is -2.25. The van der Waals surface area contributed by atoms with Crippen LogP contribution in [0.4, 0.5) is 5.82 Å². The molecule has 1 fully saturated rings. The van der Waals surface area contributed by atoms with E-state index in [9.17, 15) is 5.11 Å². The first-order valence-corrected chi connectivity index (χ1v) is 5.11. The number of aliphatic hydroxyl groups excluding tert-OH is 1. The number of pyridine rings is 1. The Labute approximate surface area is 84.4 Å². The van der Waals surface area contributed by atoms with Crippen molar-refractivity contribution in [2.45, 2.75) is 19.4 Å². The van der Waals surface area contributed by atoms with Gasteiger partial charge in [-0.2, -0.15) is 0 Å². The second kappa shape index (κ2) is 3.96. The fourth-order valence-corrected chi connectivity index (χ4v) is 2.09. The highest BCUT2D eigenvalue weighted by Crippen LogP contribution is 2.27. The van der Waals surface area contributed by atoms with Gasteiger partial charge in [-0.15, -0.1) is 0 Å². The van der Waals surface area contributed by atoms with Crippen molar-refractivity contribution in [2.24, 2.45) is 5.92 Å². The maximum Gasteiger partial charge on any atom is 0.128 e. The summed E-state index contributed by atoms with van der Waals surface area (Å²) in [4.78, 5) is 6.51. The summed E-state index contributed by atoms with van der Waals surface area (Å²) in [5.74, 6) is 1.54. The maximum absolute atomic E-state index is 9.30. The number of anilines is 1. The Kier molecular flexibility index (Phi) is 2.68. The Morgan fingerprint density at radius 3 is 3.07 bits per heavy atom. The highest BCUT2D eigenvalue weighted by atomic mass is 16.3. The van der Waals surface area contributed by atoms with Crippen LogP contribution in [0.2, 0.25) is 0 Å². The predicted octanol–water partition coefficient (Wildman–Crippen LogP) is 1.29. The summed E-state index contributed by atoms with van der Waals surface area (Å²) in [6.45, 7) is 3.41. The van der Waals surface area contributed by atoms with E-state index in [1.807, 2.05) is 18.2 Å². The third kappa shape index (κ3) is 1.60. The van der Waals surface area contributed by atoms with E-state index in [2.05, 4.69) is 16.8 Å². The van der Waals surface area contributed by atoms with Crippen LogP contribution in [-0.4, -0.2) is 29.3 Å². The monoisotopic (exact) mass is 192 g/mol. The zero-order valence-electron chi connectivity index (χ0n) is 8.43. The van der Waals surface area contributed by atoms with E-state index in [0.29, 0.717) is 5.92 Å². The van der Waals surface area contributed by atoms with E-state index in [0.717, 1.165) is 18.8 Å². The van der Waals surface area contributed by atoms with Gasteiger partial charge in [0, 0.05) is 12.7 Å². The van der Waals surface area contributed by atoms with Gasteiger partial charge in [-0.3, -0.25) is 0 Å². The first-order valence-electron chi connectivity index (χ1n) is 5.11. The Hall–Kier alpha value is -1.09. The quantitative estimate of drug-likeness (QED) is 0.767. The summed E-state index contributed by atoms with van der Waals surface area (Å²) in [5, 5.41) is 9.30. The van der Waals surface area contributed by atoms with Crippen LogP contribution < -0.4 is 4.90 Å². The molecule has 0 radical (unpaired) electrons. The molecule has 76 valence electrons. The molecule has 0 spiro atoms. The summed E-state index contributed by atoms with van der Waals surface area (Å²) < 4.78 is 0. The van der Waals surface area contributed by atoms with Gasteiger partial charge in [0.05, 0.1) is 12.6 Å². The van der Waals surface area contributed by atoms with Crippen LogP contribution in [0, 0.1) is 5.92 Å². The minimum Gasteiger partial charge on any atom is -0.394 e. The molecule has 1 aromatic rings. The van der Waals surface area contributed by atoms with Crippen molar-refractivity contribution in [1.82, 2.24) is 4.98 Å². The highest BCUT2D eigenvalue weighted by Gasteiger charge is 2.30. The lowest BCUT2D eigenvalue weighted by molar-refractivity contribution is 0.244. The number of hydrogen-bond donors (Lipinski definition) is 1. The van der Waals surface area contributed by atoms with Crippen molar-refractivity contribution in [3.05, 3.63) is 24.4 Å². The van der Waals surface area contributed by atoms with Gasteiger partial charge in [0.25, 0.3) is 0 Å². The molecule has 0 aliphatic carbocycles. The standard InChI is InChI=1S/C11H16N2O/c1-9-5-7-13(10(9)8-14)11-4-2-3-6-12-11/h2-4,6,9-10,14H,5,7-8H2,1H3. The van der Waals surface area contributed by atoms with Crippen LogP contribution in [0.5, 0.6) is 0 Å². The van der Waals surface area contributed by atoms with Gasteiger partial charge in [0.15, 0.2) is 0 Å². The van der Waals surface area contributed by atoms with Crippen LogP contribution in [0.1, 0.15) is 13.3 Å². The van der Waals surface area contributed by atoms with Crippen molar-refractivity contribution in [1.29, 1.82) is 0 Å². The molecule has 3 nitrogen and oxygen atoms in total. The summed E-state index contributed by atoms with van der Waals surface area (Å²) in [5.41, 5.74) is 0. The Bertz CT molecular complexity index is 289. The van der Waals surface area contributed by atoms with Gasteiger partial charge in [-0.25, -0.2) is 4.98 Å². The smallest absolute Gasteiger partial charge is 0.128 e. The normalized spacial score (nSPS) is 26.9.